The lowest BCUT2D eigenvalue weighted by atomic mass is 9.80. The van der Waals surface area contributed by atoms with Crippen molar-refractivity contribution in [2.45, 2.75) is 19.3 Å². The fourth-order valence-electron chi connectivity index (χ4n) is 8.47. The highest BCUT2D eigenvalue weighted by Gasteiger charge is 2.39. The summed E-state index contributed by atoms with van der Waals surface area (Å²) in [6.07, 6.45) is 0. The van der Waals surface area contributed by atoms with Gasteiger partial charge in [0, 0.05) is 25.6 Å². The summed E-state index contributed by atoms with van der Waals surface area (Å²) in [6.45, 7) is 4.85. The molecule has 0 fully saturated rings. The molecule has 0 nitrogen and oxygen atoms in total. The predicted molar refractivity (Wildman–Crippen MR) is 200 cm³/mol. The molecule has 1 heteroatoms. The Morgan fingerprint density at radius 2 is 0.935 bits per heavy atom. The minimum absolute atomic E-state index is 0.117. The van der Waals surface area contributed by atoms with E-state index in [0.29, 0.717) is 0 Å². The molecule has 9 aromatic rings. The van der Waals surface area contributed by atoms with Gasteiger partial charge in [-0.2, -0.15) is 0 Å². The third kappa shape index (κ3) is 3.39. The quantitative estimate of drug-likeness (QED) is 0.173. The van der Waals surface area contributed by atoms with Crippen molar-refractivity contribution < 1.29 is 0 Å². The molecule has 0 saturated carbocycles. The summed E-state index contributed by atoms with van der Waals surface area (Å²) in [7, 11) is 0. The molecule has 0 unspecified atom stereocenters. The molecule has 0 atom stereocenters. The molecular weight excluding hydrogens is 573 g/mol. The highest BCUT2D eigenvalue weighted by Crippen LogP contribution is 2.58. The molecule has 1 aliphatic rings. The SMILES string of the molecule is CC1(C)c2ccc(-c3c4ccccc4c(-c4ccccc4)c4ccccc34)cc2-c2c1c1sc3ccccc3c1c1ccccc21. The molecule has 1 aromatic heterocycles. The van der Waals surface area contributed by atoms with E-state index in [-0.39, 0.29) is 5.41 Å². The molecule has 1 aliphatic carbocycles. The van der Waals surface area contributed by atoms with Crippen molar-refractivity contribution in [2.24, 2.45) is 0 Å². The lowest BCUT2D eigenvalue weighted by molar-refractivity contribution is 0.667. The van der Waals surface area contributed by atoms with Crippen molar-refractivity contribution in [1.82, 2.24) is 0 Å². The Morgan fingerprint density at radius 1 is 0.435 bits per heavy atom. The number of rotatable bonds is 2. The van der Waals surface area contributed by atoms with Gasteiger partial charge in [0.25, 0.3) is 0 Å². The average molecular weight is 603 g/mol. The first-order valence-corrected chi connectivity index (χ1v) is 16.9. The molecule has 0 aliphatic heterocycles. The molecule has 216 valence electrons. The van der Waals surface area contributed by atoms with E-state index in [0.717, 1.165) is 0 Å². The molecule has 1 heterocycles. The van der Waals surface area contributed by atoms with Gasteiger partial charge in [0.15, 0.2) is 0 Å². The van der Waals surface area contributed by atoms with E-state index in [4.69, 9.17) is 0 Å². The van der Waals surface area contributed by atoms with Crippen molar-refractivity contribution in [3.63, 3.8) is 0 Å². The van der Waals surface area contributed by atoms with Crippen LogP contribution < -0.4 is 0 Å². The first kappa shape index (κ1) is 26.0. The molecule has 0 N–H and O–H groups in total. The fourth-order valence-corrected chi connectivity index (χ4v) is 9.90. The third-order valence-electron chi connectivity index (χ3n) is 10.4. The molecule has 0 amide bonds. The zero-order valence-corrected chi connectivity index (χ0v) is 26.6. The van der Waals surface area contributed by atoms with E-state index in [1.807, 2.05) is 11.3 Å². The zero-order chi connectivity index (χ0) is 30.6. The first-order chi connectivity index (χ1) is 22.6. The van der Waals surface area contributed by atoms with Crippen LogP contribution in [0.25, 0.3) is 85.9 Å². The van der Waals surface area contributed by atoms with Gasteiger partial charge in [0.2, 0.25) is 0 Å². The van der Waals surface area contributed by atoms with Crippen LogP contribution in [0.15, 0.2) is 146 Å². The van der Waals surface area contributed by atoms with E-state index in [9.17, 15) is 0 Å². The number of benzene rings is 8. The van der Waals surface area contributed by atoms with Gasteiger partial charge in [-0.25, -0.2) is 0 Å². The van der Waals surface area contributed by atoms with Crippen LogP contribution in [0.3, 0.4) is 0 Å². The summed E-state index contributed by atoms with van der Waals surface area (Å²) in [6, 6.07) is 54.1. The van der Waals surface area contributed by atoms with Crippen LogP contribution in [0.1, 0.15) is 25.0 Å². The van der Waals surface area contributed by atoms with Crippen LogP contribution in [0.2, 0.25) is 0 Å². The van der Waals surface area contributed by atoms with Crippen LogP contribution in [0.5, 0.6) is 0 Å². The third-order valence-corrected chi connectivity index (χ3v) is 11.6. The van der Waals surface area contributed by atoms with Crippen LogP contribution >= 0.6 is 11.3 Å². The molecule has 46 heavy (non-hydrogen) atoms. The van der Waals surface area contributed by atoms with E-state index < -0.39 is 0 Å². The number of fused-ring (bicyclic) bond motifs is 12. The molecule has 0 radical (unpaired) electrons. The maximum atomic E-state index is 2.50. The minimum Gasteiger partial charge on any atom is -0.135 e. The summed E-state index contributed by atoms with van der Waals surface area (Å²) in [5.41, 5.74) is 10.7. The van der Waals surface area contributed by atoms with Crippen LogP contribution in [-0.4, -0.2) is 0 Å². The minimum atomic E-state index is -0.117. The normalized spacial score (nSPS) is 13.6. The van der Waals surface area contributed by atoms with Crippen LogP contribution in [-0.2, 0) is 5.41 Å². The standard InChI is InChI=1S/C45H30S/c1-45(2)37-25-24-28(40-31-18-8-6-16-29(31)39(27-14-4-3-5-15-27)30-17-7-9-19-32(30)40)26-36(37)41-33-20-10-11-21-34(33)42-35-22-12-13-23-38(35)46-44(42)43(41)45/h3-26H,1-2H3. The van der Waals surface area contributed by atoms with Gasteiger partial charge in [0.1, 0.15) is 0 Å². The summed E-state index contributed by atoms with van der Waals surface area (Å²) in [5, 5.41) is 10.7. The maximum absolute atomic E-state index is 2.50. The predicted octanol–water partition coefficient (Wildman–Crippen LogP) is 13.2. The number of hydrogen-bond donors (Lipinski definition) is 0. The van der Waals surface area contributed by atoms with Crippen molar-refractivity contribution in [3.8, 4) is 33.4 Å². The van der Waals surface area contributed by atoms with Crippen molar-refractivity contribution >= 4 is 63.8 Å². The molecule has 0 bridgehead atoms. The smallest absolute Gasteiger partial charge is 0.0408 e. The Labute approximate surface area is 272 Å². The number of hydrogen-bond acceptors (Lipinski definition) is 1. The van der Waals surface area contributed by atoms with Crippen LogP contribution in [0, 0.1) is 0 Å². The van der Waals surface area contributed by atoms with E-state index in [2.05, 4.69) is 159 Å². The summed E-state index contributed by atoms with van der Waals surface area (Å²) >= 11 is 1.96. The summed E-state index contributed by atoms with van der Waals surface area (Å²) in [4.78, 5) is 0. The number of thiophene rings is 1. The van der Waals surface area contributed by atoms with Crippen molar-refractivity contribution in [2.75, 3.05) is 0 Å². The summed E-state index contributed by atoms with van der Waals surface area (Å²) < 4.78 is 2.79. The van der Waals surface area contributed by atoms with Crippen LogP contribution in [0.4, 0.5) is 0 Å². The molecular formula is C45H30S. The molecule has 8 aromatic carbocycles. The largest absolute Gasteiger partial charge is 0.135 e. The second kappa shape index (κ2) is 9.39. The highest BCUT2D eigenvalue weighted by molar-refractivity contribution is 7.26. The second-order valence-electron chi connectivity index (χ2n) is 13.2. The first-order valence-electron chi connectivity index (χ1n) is 16.1. The fraction of sp³-hybridized carbons (Fsp3) is 0.0667. The second-order valence-corrected chi connectivity index (χ2v) is 14.2. The lowest BCUT2D eigenvalue weighted by Crippen LogP contribution is -2.15. The van der Waals surface area contributed by atoms with Gasteiger partial charge >= 0.3 is 0 Å². The monoisotopic (exact) mass is 602 g/mol. The lowest BCUT2D eigenvalue weighted by Gasteiger charge is -2.23. The van der Waals surface area contributed by atoms with Gasteiger partial charge in [-0.15, -0.1) is 11.3 Å². The van der Waals surface area contributed by atoms with Crippen molar-refractivity contribution in [3.05, 3.63) is 157 Å². The Morgan fingerprint density at radius 3 is 1.57 bits per heavy atom. The highest BCUT2D eigenvalue weighted by atomic mass is 32.1. The Hall–Kier alpha value is -5.24. The Kier molecular flexibility index (Phi) is 5.31. The Bertz CT molecular complexity index is 2650. The van der Waals surface area contributed by atoms with Gasteiger partial charge in [-0.05, 0) is 89.0 Å². The topological polar surface area (TPSA) is 0 Å². The zero-order valence-electron chi connectivity index (χ0n) is 25.8. The van der Waals surface area contributed by atoms with Gasteiger partial charge in [-0.1, -0.05) is 147 Å². The van der Waals surface area contributed by atoms with Gasteiger partial charge < -0.3 is 0 Å². The van der Waals surface area contributed by atoms with E-state index in [1.165, 1.54) is 97.0 Å². The van der Waals surface area contributed by atoms with E-state index in [1.54, 1.807) is 0 Å². The molecule has 10 rings (SSSR count). The Balaban J connectivity index is 1.33. The molecule has 0 spiro atoms. The average Bonchev–Trinajstić information content (AvgIpc) is 3.60. The van der Waals surface area contributed by atoms with Crippen molar-refractivity contribution in [1.29, 1.82) is 0 Å². The molecule has 0 saturated heterocycles. The van der Waals surface area contributed by atoms with E-state index >= 15 is 0 Å². The summed E-state index contributed by atoms with van der Waals surface area (Å²) in [5.74, 6) is 0. The van der Waals surface area contributed by atoms with Gasteiger partial charge in [-0.3, -0.25) is 0 Å². The maximum Gasteiger partial charge on any atom is 0.0408 e. The van der Waals surface area contributed by atoms with Gasteiger partial charge in [0.05, 0.1) is 0 Å².